The summed E-state index contributed by atoms with van der Waals surface area (Å²) >= 11 is 0. The van der Waals surface area contributed by atoms with E-state index in [0.29, 0.717) is 16.7 Å². The quantitative estimate of drug-likeness (QED) is 0.368. The highest BCUT2D eigenvalue weighted by atomic mass is 16.5. The lowest BCUT2D eigenvalue weighted by Crippen LogP contribution is -2.37. The summed E-state index contributed by atoms with van der Waals surface area (Å²) in [5, 5.41) is 20.9. The number of carboxylic acid groups (broad SMARTS) is 1. The van der Waals surface area contributed by atoms with Crippen LogP contribution < -0.4 is 0 Å². The molecule has 2 unspecified atom stereocenters. The van der Waals surface area contributed by atoms with Gasteiger partial charge >= 0.3 is 5.97 Å². The van der Waals surface area contributed by atoms with Crippen LogP contribution in [-0.2, 0) is 4.79 Å². The van der Waals surface area contributed by atoms with E-state index in [0.717, 1.165) is 0 Å². The molecule has 0 saturated carbocycles. The van der Waals surface area contributed by atoms with Crippen LogP contribution in [-0.4, -0.2) is 28.1 Å². The molecule has 0 spiro atoms. The van der Waals surface area contributed by atoms with Gasteiger partial charge in [-0.2, -0.15) is 4.74 Å². The Morgan fingerprint density at radius 2 is 2.06 bits per heavy atom. The van der Waals surface area contributed by atoms with Crippen molar-refractivity contribution >= 4 is 12.2 Å². The van der Waals surface area contributed by atoms with Crippen LogP contribution in [0, 0.1) is 11.1 Å². The Morgan fingerprint density at radius 1 is 1.47 bits per heavy atom. The first-order chi connectivity index (χ1) is 8.06. The lowest BCUT2D eigenvalue weighted by molar-refractivity contribution is -0.493. The van der Waals surface area contributed by atoms with Crippen molar-refractivity contribution in [3.05, 3.63) is 41.1 Å². The first kappa shape index (κ1) is 13.2. The van der Waals surface area contributed by atoms with Gasteiger partial charge in [-0.1, -0.05) is 32.0 Å². The molecule has 1 rings (SSSR count). The monoisotopic (exact) mass is 235 g/mol. The Bertz CT molecular complexity index is 400. The largest absolute Gasteiger partial charge is 0.623 e. The molecule has 0 aromatic heterocycles. The van der Waals surface area contributed by atoms with E-state index in [1.165, 1.54) is 6.21 Å². The molecule has 4 nitrogen and oxygen atoms in total. The molecule has 1 aromatic carbocycles. The number of hydrogen-bond donors (Lipinski definition) is 1. The maximum absolute atomic E-state index is 11.8. The summed E-state index contributed by atoms with van der Waals surface area (Å²) in [6.45, 7) is 3.64. The van der Waals surface area contributed by atoms with Crippen molar-refractivity contribution in [1.82, 2.24) is 0 Å². The summed E-state index contributed by atoms with van der Waals surface area (Å²) in [6.07, 6.45) is 1.98. The van der Waals surface area contributed by atoms with Gasteiger partial charge in [-0.05, 0) is 18.6 Å². The van der Waals surface area contributed by atoms with Crippen LogP contribution in [0.25, 0.3) is 0 Å². The molecule has 0 fully saturated rings. The van der Waals surface area contributed by atoms with Crippen LogP contribution >= 0.6 is 0 Å². The highest BCUT2D eigenvalue weighted by Crippen LogP contribution is 2.11. The van der Waals surface area contributed by atoms with Crippen LogP contribution in [0.15, 0.2) is 30.3 Å². The number of carbonyl (C=O) groups is 1. The number of nitrogens with zero attached hydrogens (tertiary/aromatic N) is 1. The van der Waals surface area contributed by atoms with Crippen LogP contribution in [0.1, 0.15) is 25.8 Å². The van der Waals surface area contributed by atoms with Crippen molar-refractivity contribution in [2.45, 2.75) is 26.3 Å². The summed E-state index contributed by atoms with van der Waals surface area (Å²) in [5.41, 5.74) is 0.706. The first-order valence-corrected chi connectivity index (χ1v) is 5.64. The Morgan fingerprint density at radius 3 is 2.53 bits per heavy atom. The number of hydrogen-bond acceptors (Lipinski definition) is 2. The normalized spacial score (nSPS) is 15.3. The first-order valence-electron chi connectivity index (χ1n) is 5.64. The maximum Gasteiger partial charge on any atom is 0.374 e. The van der Waals surface area contributed by atoms with Gasteiger partial charge in [0.2, 0.25) is 0 Å². The fourth-order valence-corrected chi connectivity index (χ4v) is 1.59. The molecular formula is C13H17NO3. The summed E-state index contributed by atoms with van der Waals surface area (Å²) in [4.78, 5) is 11.1. The van der Waals surface area contributed by atoms with Gasteiger partial charge in [0.05, 0.1) is 0 Å². The van der Waals surface area contributed by atoms with E-state index >= 15 is 0 Å². The maximum atomic E-state index is 11.8. The van der Waals surface area contributed by atoms with Crippen molar-refractivity contribution in [2.75, 3.05) is 0 Å². The van der Waals surface area contributed by atoms with Crippen molar-refractivity contribution in [1.29, 1.82) is 0 Å². The lowest BCUT2D eigenvalue weighted by Gasteiger charge is -2.18. The van der Waals surface area contributed by atoms with Gasteiger partial charge in [-0.25, -0.2) is 4.79 Å². The number of rotatable bonds is 5. The SMILES string of the molecule is CCC(C)C(C(=O)O)/[N+]([O-])=C/c1ccccc1. The molecule has 2 atom stereocenters. The number of hydroxylamine groups is 1. The van der Waals surface area contributed by atoms with Crippen molar-refractivity contribution in [2.24, 2.45) is 5.92 Å². The Balaban J connectivity index is 2.96. The van der Waals surface area contributed by atoms with Crippen molar-refractivity contribution in [3.8, 4) is 0 Å². The van der Waals surface area contributed by atoms with Crippen LogP contribution in [0.3, 0.4) is 0 Å². The third kappa shape index (κ3) is 3.59. The molecule has 1 aromatic rings. The zero-order chi connectivity index (χ0) is 12.8. The minimum Gasteiger partial charge on any atom is -0.623 e. The van der Waals surface area contributed by atoms with Crippen LogP contribution in [0.2, 0.25) is 0 Å². The van der Waals surface area contributed by atoms with Gasteiger partial charge in [0, 0.05) is 11.5 Å². The van der Waals surface area contributed by atoms with Crippen molar-refractivity contribution < 1.29 is 14.6 Å². The smallest absolute Gasteiger partial charge is 0.374 e. The number of carboxylic acids is 1. The number of aliphatic carboxylic acids is 1. The minimum absolute atomic E-state index is 0.190. The van der Waals surface area contributed by atoms with Gasteiger partial charge < -0.3 is 10.3 Å². The second kappa shape index (κ2) is 6.03. The molecule has 92 valence electrons. The standard InChI is InChI=1S/C13H17NO3/c1-3-10(2)12(13(15)16)14(17)9-11-7-5-4-6-8-11/h4-10,12H,3H2,1-2H3,(H,15,16)/b14-9-. The van der Waals surface area contributed by atoms with E-state index in [2.05, 4.69) is 0 Å². The zero-order valence-electron chi connectivity index (χ0n) is 10.0. The lowest BCUT2D eigenvalue weighted by atomic mass is 10.00. The predicted molar refractivity (Wildman–Crippen MR) is 66.1 cm³/mol. The second-order valence-electron chi connectivity index (χ2n) is 4.07. The molecule has 0 aliphatic rings. The molecule has 1 N–H and O–H groups in total. The van der Waals surface area contributed by atoms with E-state index in [1.54, 1.807) is 31.2 Å². The van der Waals surface area contributed by atoms with Gasteiger partial charge in [-0.3, -0.25) is 0 Å². The summed E-state index contributed by atoms with van der Waals surface area (Å²) < 4.78 is 0.534. The van der Waals surface area contributed by atoms with Gasteiger partial charge in [0.25, 0.3) is 6.04 Å². The second-order valence-corrected chi connectivity index (χ2v) is 4.07. The molecule has 0 aliphatic carbocycles. The molecule has 0 heterocycles. The third-order valence-corrected chi connectivity index (χ3v) is 2.79. The number of benzene rings is 1. The van der Waals surface area contributed by atoms with E-state index in [4.69, 9.17) is 5.11 Å². The van der Waals surface area contributed by atoms with E-state index in [1.807, 2.05) is 13.0 Å². The third-order valence-electron chi connectivity index (χ3n) is 2.79. The van der Waals surface area contributed by atoms with Crippen LogP contribution in [0.4, 0.5) is 0 Å². The molecule has 17 heavy (non-hydrogen) atoms. The van der Waals surface area contributed by atoms with E-state index in [9.17, 15) is 10.0 Å². The van der Waals surface area contributed by atoms with Crippen LogP contribution in [0.5, 0.6) is 0 Å². The molecule has 4 heteroatoms. The van der Waals surface area contributed by atoms with Gasteiger partial charge in [0.15, 0.2) is 6.21 Å². The highest BCUT2D eigenvalue weighted by molar-refractivity contribution is 5.78. The molecule has 0 saturated heterocycles. The Labute approximate surface area is 101 Å². The highest BCUT2D eigenvalue weighted by Gasteiger charge is 2.30. The Kier molecular flexibility index (Phi) is 4.69. The Hall–Kier alpha value is -1.84. The molecule has 0 bridgehead atoms. The summed E-state index contributed by atoms with van der Waals surface area (Å²) in [5.74, 6) is -1.27. The minimum atomic E-state index is -1.08. The summed E-state index contributed by atoms with van der Waals surface area (Å²) in [7, 11) is 0. The predicted octanol–water partition coefficient (Wildman–Crippen LogP) is 2.12. The fourth-order valence-electron chi connectivity index (χ4n) is 1.59. The van der Waals surface area contributed by atoms with Gasteiger partial charge in [-0.15, -0.1) is 0 Å². The average Bonchev–Trinajstić information content (AvgIpc) is 2.29. The van der Waals surface area contributed by atoms with Crippen molar-refractivity contribution in [3.63, 3.8) is 0 Å². The molecule has 0 radical (unpaired) electrons. The molecule has 0 amide bonds. The van der Waals surface area contributed by atoms with E-state index in [-0.39, 0.29) is 5.92 Å². The topological polar surface area (TPSA) is 63.4 Å². The fraction of sp³-hybridized carbons (Fsp3) is 0.385. The molecule has 0 aliphatic heterocycles. The van der Waals surface area contributed by atoms with E-state index < -0.39 is 12.0 Å². The molecular weight excluding hydrogens is 218 g/mol. The zero-order valence-corrected chi connectivity index (χ0v) is 10.0. The van der Waals surface area contributed by atoms with Gasteiger partial charge in [0.1, 0.15) is 0 Å². The average molecular weight is 235 g/mol. The summed E-state index contributed by atoms with van der Waals surface area (Å²) in [6, 6.07) is 7.95.